The zero-order chi connectivity index (χ0) is 16.8. The molecule has 4 rings (SSSR count). The van der Waals surface area contributed by atoms with E-state index in [9.17, 15) is 4.79 Å². The lowest BCUT2D eigenvalue weighted by Gasteiger charge is -2.37. The standard InChI is InChI=1S/C19H21N3O2/c1-12-4-5-16-15(11-24-17(16)8-12)10-19(23)21-13(2)9-14(3)22-18(21)6-7-20-22/h4-8,11,13-14H,9-10H2,1-3H3. The maximum absolute atomic E-state index is 13.0. The van der Waals surface area contributed by atoms with Gasteiger partial charge >= 0.3 is 0 Å². The Balaban J connectivity index is 1.65. The minimum absolute atomic E-state index is 0.0828. The van der Waals surface area contributed by atoms with Crippen LogP contribution < -0.4 is 4.90 Å². The van der Waals surface area contributed by atoms with E-state index in [0.717, 1.165) is 34.3 Å². The zero-order valence-electron chi connectivity index (χ0n) is 14.2. The van der Waals surface area contributed by atoms with Gasteiger partial charge in [-0.3, -0.25) is 9.69 Å². The lowest BCUT2D eigenvalue weighted by atomic mass is 10.0. The molecular formula is C19H21N3O2. The van der Waals surface area contributed by atoms with Crippen molar-refractivity contribution in [3.8, 4) is 0 Å². The topological polar surface area (TPSA) is 51.3 Å². The van der Waals surface area contributed by atoms with E-state index in [0.29, 0.717) is 12.5 Å². The molecule has 5 heteroatoms. The minimum atomic E-state index is 0.0828. The first-order valence-electron chi connectivity index (χ1n) is 8.37. The first-order valence-corrected chi connectivity index (χ1v) is 8.37. The summed E-state index contributed by atoms with van der Waals surface area (Å²) in [5.41, 5.74) is 2.92. The van der Waals surface area contributed by atoms with Crippen molar-refractivity contribution in [1.82, 2.24) is 9.78 Å². The summed E-state index contributed by atoms with van der Waals surface area (Å²) in [7, 11) is 0. The number of fused-ring (bicyclic) bond motifs is 2. The maximum Gasteiger partial charge on any atom is 0.232 e. The molecule has 5 nitrogen and oxygen atoms in total. The van der Waals surface area contributed by atoms with Crippen LogP contribution in [0.15, 0.2) is 41.1 Å². The molecule has 1 aliphatic rings. The Morgan fingerprint density at radius 3 is 2.96 bits per heavy atom. The first-order chi connectivity index (χ1) is 11.5. The van der Waals surface area contributed by atoms with Gasteiger partial charge < -0.3 is 4.42 Å². The van der Waals surface area contributed by atoms with E-state index in [2.05, 4.69) is 18.9 Å². The normalized spacial score (nSPS) is 20.4. The van der Waals surface area contributed by atoms with Crippen LogP contribution in [0.25, 0.3) is 11.0 Å². The smallest absolute Gasteiger partial charge is 0.232 e. The Morgan fingerprint density at radius 1 is 1.29 bits per heavy atom. The van der Waals surface area contributed by atoms with Crippen LogP contribution in [-0.2, 0) is 11.2 Å². The summed E-state index contributed by atoms with van der Waals surface area (Å²) < 4.78 is 7.57. The van der Waals surface area contributed by atoms with E-state index in [1.54, 1.807) is 12.5 Å². The number of furan rings is 1. The van der Waals surface area contributed by atoms with E-state index < -0.39 is 0 Å². The molecule has 24 heavy (non-hydrogen) atoms. The molecule has 3 heterocycles. The van der Waals surface area contributed by atoms with Crippen LogP contribution in [0.2, 0.25) is 0 Å². The zero-order valence-corrected chi connectivity index (χ0v) is 14.2. The van der Waals surface area contributed by atoms with Crippen molar-refractivity contribution in [2.45, 2.75) is 45.7 Å². The van der Waals surface area contributed by atoms with Gasteiger partial charge in [-0.25, -0.2) is 4.68 Å². The Morgan fingerprint density at radius 2 is 2.12 bits per heavy atom. The van der Waals surface area contributed by atoms with Gasteiger partial charge in [0.05, 0.1) is 24.9 Å². The fourth-order valence-electron chi connectivity index (χ4n) is 3.71. The van der Waals surface area contributed by atoms with Gasteiger partial charge in [-0.2, -0.15) is 5.10 Å². The molecular weight excluding hydrogens is 302 g/mol. The SMILES string of the molecule is Cc1ccc2c(CC(=O)N3c4ccnn4C(C)CC3C)coc2c1. The molecule has 0 N–H and O–H groups in total. The van der Waals surface area contributed by atoms with Gasteiger partial charge in [0.1, 0.15) is 11.4 Å². The summed E-state index contributed by atoms with van der Waals surface area (Å²) in [5.74, 6) is 0.967. The third-order valence-electron chi connectivity index (χ3n) is 4.86. The van der Waals surface area contributed by atoms with E-state index in [1.165, 1.54) is 0 Å². The van der Waals surface area contributed by atoms with Gasteiger partial charge in [-0.1, -0.05) is 12.1 Å². The number of amides is 1. The van der Waals surface area contributed by atoms with Gasteiger partial charge in [0.2, 0.25) is 5.91 Å². The number of rotatable bonds is 2. The van der Waals surface area contributed by atoms with Crippen molar-refractivity contribution in [3.63, 3.8) is 0 Å². The van der Waals surface area contributed by atoms with Crippen LogP contribution in [-0.4, -0.2) is 21.7 Å². The molecule has 0 aliphatic carbocycles. The van der Waals surface area contributed by atoms with Gasteiger partial charge in [0.25, 0.3) is 0 Å². The summed E-state index contributed by atoms with van der Waals surface area (Å²) in [4.78, 5) is 14.9. The van der Waals surface area contributed by atoms with Crippen LogP contribution in [0.3, 0.4) is 0 Å². The Hall–Kier alpha value is -2.56. The second kappa shape index (κ2) is 5.51. The molecule has 1 amide bonds. The fourth-order valence-corrected chi connectivity index (χ4v) is 3.71. The summed E-state index contributed by atoms with van der Waals surface area (Å²) in [6, 6.07) is 8.48. The summed E-state index contributed by atoms with van der Waals surface area (Å²) in [5, 5.41) is 5.38. The van der Waals surface area contributed by atoms with E-state index in [-0.39, 0.29) is 11.9 Å². The number of carbonyl (C=O) groups excluding carboxylic acids is 1. The fraction of sp³-hybridized carbons (Fsp3) is 0.368. The van der Waals surface area contributed by atoms with E-state index in [4.69, 9.17) is 4.42 Å². The molecule has 0 spiro atoms. The van der Waals surface area contributed by atoms with Crippen LogP contribution in [0, 0.1) is 6.92 Å². The quantitative estimate of drug-likeness (QED) is 0.719. The van der Waals surface area contributed by atoms with E-state index in [1.807, 2.05) is 40.8 Å². The van der Waals surface area contributed by atoms with Crippen LogP contribution in [0.5, 0.6) is 0 Å². The van der Waals surface area contributed by atoms with Crippen molar-refractivity contribution < 1.29 is 9.21 Å². The van der Waals surface area contributed by atoms with Gasteiger partial charge in [-0.15, -0.1) is 0 Å². The average Bonchev–Trinajstić information content (AvgIpc) is 3.15. The third-order valence-corrected chi connectivity index (χ3v) is 4.86. The number of anilines is 1. The number of nitrogens with zero attached hydrogens (tertiary/aromatic N) is 3. The van der Waals surface area contributed by atoms with Gasteiger partial charge in [0, 0.05) is 23.1 Å². The molecule has 2 aromatic heterocycles. The summed E-state index contributed by atoms with van der Waals surface area (Å²) in [6.07, 6.45) is 4.71. The summed E-state index contributed by atoms with van der Waals surface area (Å²) >= 11 is 0. The molecule has 1 aliphatic heterocycles. The number of aryl methyl sites for hydroxylation is 1. The molecule has 0 fully saturated rings. The minimum Gasteiger partial charge on any atom is -0.464 e. The molecule has 0 saturated carbocycles. The monoisotopic (exact) mass is 323 g/mol. The lowest BCUT2D eigenvalue weighted by Crippen LogP contribution is -2.45. The average molecular weight is 323 g/mol. The van der Waals surface area contributed by atoms with Crippen LogP contribution in [0.1, 0.15) is 37.4 Å². The first kappa shape index (κ1) is 15.0. The van der Waals surface area contributed by atoms with Crippen molar-refractivity contribution in [3.05, 3.63) is 47.9 Å². The highest BCUT2D eigenvalue weighted by atomic mass is 16.3. The maximum atomic E-state index is 13.0. The Labute approximate surface area is 140 Å². The van der Waals surface area contributed by atoms with Gasteiger partial charge in [0.15, 0.2) is 0 Å². The molecule has 124 valence electrons. The molecule has 1 aromatic carbocycles. The highest BCUT2D eigenvalue weighted by molar-refractivity contribution is 5.97. The van der Waals surface area contributed by atoms with Crippen molar-refractivity contribution in [2.75, 3.05) is 4.90 Å². The largest absolute Gasteiger partial charge is 0.464 e. The summed E-state index contributed by atoms with van der Waals surface area (Å²) in [6.45, 7) is 6.27. The van der Waals surface area contributed by atoms with E-state index >= 15 is 0 Å². The van der Waals surface area contributed by atoms with Crippen LogP contribution in [0.4, 0.5) is 5.82 Å². The Kier molecular flexibility index (Phi) is 3.44. The molecule has 0 radical (unpaired) electrons. The third kappa shape index (κ3) is 2.31. The predicted molar refractivity (Wildman–Crippen MR) is 93.2 cm³/mol. The molecule has 2 unspecified atom stereocenters. The molecule has 3 aromatic rings. The number of hydrogen-bond acceptors (Lipinski definition) is 3. The highest BCUT2D eigenvalue weighted by Crippen LogP contribution is 2.32. The number of carbonyl (C=O) groups is 1. The Bertz CT molecular complexity index is 908. The van der Waals surface area contributed by atoms with Crippen molar-refractivity contribution in [1.29, 1.82) is 0 Å². The molecule has 2 atom stereocenters. The van der Waals surface area contributed by atoms with Crippen LogP contribution >= 0.6 is 0 Å². The van der Waals surface area contributed by atoms with Crippen molar-refractivity contribution in [2.24, 2.45) is 0 Å². The molecule has 0 bridgehead atoms. The molecule has 0 saturated heterocycles. The highest BCUT2D eigenvalue weighted by Gasteiger charge is 2.32. The predicted octanol–water partition coefficient (Wildman–Crippen LogP) is 3.87. The lowest BCUT2D eigenvalue weighted by molar-refractivity contribution is -0.118. The van der Waals surface area contributed by atoms with Gasteiger partial charge in [-0.05, 0) is 38.8 Å². The second-order valence-electron chi connectivity index (χ2n) is 6.77. The number of aromatic nitrogens is 2. The van der Waals surface area contributed by atoms with Crippen molar-refractivity contribution >= 4 is 22.7 Å². The second-order valence-corrected chi connectivity index (χ2v) is 6.77. The number of hydrogen-bond donors (Lipinski definition) is 0. The number of benzene rings is 1.